The van der Waals surface area contributed by atoms with Crippen LogP contribution in [-0.2, 0) is 11.0 Å². The van der Waals surface area contributed by atoms with Crippen LogP contribution in [0.3, 0.4) is 0 Å². The van der Waals surface area contributed by atoms with Crippen LogP contribution in [0.4, 0.5) is 0 Å². The Hall–Kier alpha value is -0.550. The smallest absolute Gasteiger partial charge is 0.101 e. The molecule has 0 N–H and O–H groups in total. The topological polar surface area (TPSA) is 17.1 Å². The second kappa shape index (κ2) is 6.80. The van der Waals surface area contributed by atoms with Crippen molar-refractivity contribution in [1.82, 2.24) is 0 Å². The Kier molecular flexibility index (Phi) is 5.28. The molecule has 1 aromatic carbocycles. The van der Waals surface area contributed by atoms with E-state index in [1.807, 2.05) is 0 Å². The first-order valence-electron chi connectivity index (χ1n) is 10.7. The van der Waals surface area contributed by atoms with Gasteiger partial charge in [-0.3, -0.25) is 0 Å². The summed E-state index contributed by atoms with van der Waals surface area (Å²) in [5.41, 5.74) is 2.22. The van der Waals surface area contributed by atoms with E-state index in [0.29, 0.717) is 23.2 Å². The van der Waals surface area contributed by atoms with Crippen molar-refractivity contribution < 1.29 is 4.57 Å². The minimum absolute atomic E-state index is 0.0612. The lowest BCUT2D eigenvalue weighted by molar-refractivity contribution is 0.164. The number of benzene rings is 1. The number of rotatable bonds is 4. The molecule has 5 atom stereocenters. The molecule has 1 aliphatic carbocycles. The van der Waals surface area contributed by atoms with Gasteiger partial charge < -0.3 is 4.57 Å². The second-order valence-corrected chi connectivity index (χ2v) is 14.4. The highest BCUT2D eigenvalue weighted by Gasteiger charge is 2.72. The molecule has 1 aromatic rings. The molecule has 146 valence electrons. The van der Waals surface area contributed by atoms with Crippen LogP contribution in [0.1, 0.15) is 73.3 Å². The van der Waals surface area contributed by atoms with Gasteiger partial charge >= 0.3 is 0 Å². The molecule has 3 rings (SSSR count). The van der Waals surface area contributed by atoms with Gasteiger partial charge in [0.2, 0.25) is 0 Å². The van der Waals surface area contributed by atoms with Crippen molar-refractivity contribution in [1.29, 1.82) is 0 Å². The molecule has 0 unspecified atom stereocenters. The summed E-state index contributed by atoms with van der Waals surface area (Å²) in [5, 5.41) is -0.0612. The monoisotopic (exact) mass is 374 g/mol. The molecule has 0 bridgehead atoms. The molecule has 0 spiro atoms. The Bertz CT molecular complexity index is 673. The Morgan fingerprint density at radius 1 is 1.08 bits per heavy atom. The third-order valence-electron chi connectivity index (χ3n) is 8.50. The van der Waals surface area contributed by atoms with E-state index < -0.39 is 7.14 Å². The maximum atomic E-state index is 14.9. The number of hydrogen-bond donors (Lipinski definition) is 0. The fraction of sp³-hybridized carbons (Fsp3) is 0.750. The van der Waals surface area contributed by atoms with Gasteiger partial charge in [0.05, 0.1) is 0 Å². The van der Waals surface area contributed by atoms with Crippen LogP contribution < -0.4 is 0 Å². The Labute approximate surface area is 161 Å². The van der Waals surface area contributed by atoms with Crippen LogP contribution in [0, 0.1) is 23.2 Å². The standard InChI is InChI=1S/C24H39OP/c1-17(2)20-14-13-18(3)15-21(20)26(25)22(23(4,5)24(26,6)7)16-19-11-9-8-10-12-19/h8-12,17-18,20-22H,13-16H2,1-7H3/t18-,20+,21-,22-,26-/m1/s1. The van der Waals surface area contributed by atoms with Crippen LogP contribution in [0.2, 0.25) is 0 Å². The maximum Gasteiger partial charge on any atom is 0.101 e. The van der Waals surface area contributed by atoms with Crippen molar-refractivity contribution in [3.8, 4) is 0 Å². The molecule has 2 aliphatic rings. The van der Waals surface area contributed by atoms with Crippen LogP contribution >= 0.6 is 7.14 Å². The van der Waals surface area contributed by atoms with Gasteiger partial charge in [-0.2, -0.15) is 0 Å². The van der Waals surface area contributed by atoms with Gasteiger partial charge in [-0.15, -0.1) is 0 Å². The molecule has 1 heterocycles. The summed E-state index contributed by atoms with van der Waals surface area (Å²) >= 11 is 0. The van der Waals surface area contributed by atoms with E-state index in [9.17, 15) is 4.57 Å². The van der Waals surface area contributed by atoms with E-state index in [-0.39, 0.29) is 10.6 Å². The van der Waals surface area contributed by atoms with Crippen LogP contribution in [0.5, 0.6) is 0 Å². The van der Waals surface area contributed by atoms with E-state index >= 15 is 0 Å². The van der Waals surface area contributed by atoms with Crippen LogP contribution in [0.15, 0.2) is 30.3 Å². The van der Waals surface area contributed by atoms with Crippen LogP contribution in [0.25, 0.3) is 0 Å². The Morgan fingerprint density at radius 3 is 2.27 bits per heavy atom. The first-order chi connectivity index (χ1) is 12.0. The molecule has 1 aliphatic heterocycles. The quantitative estimate of drug-likeness (QED) is 0.508. The SMILES string of the molecule is CC(C)[C@@H]1CC[C@@H](C)C[C@H]1[P@@]1(=O)[C@H](Cc2ccccc2)C(C)(C)C1(C)C. The number of hydrogen-bond acceptors (Lipinski definition) is 1. The lowest BCUT2D eigenvalue weighted by Gasteiger charge is -2.68. The molecule has 26 heavy (non-hydrogen) atoms. The predicted molar refractivity (Wildman–Crippen MR) is 115 cm³/mol. The molecular weight excluding hydrogens is 335 g/mol. The zero-order valence-electron chi connectivity index (χ0n) is 18.0. The van der Waals surface area contributed by atoms with E-state index in [1.165, 1.54) is 24.8 Å². The third-order valence-corrected chi connectivity index (χ3v) is 14.2. The summed E-state index contributed by atoms with van der Waals surface area (Å²) in [7, 11) is -2.32. The Morgan fingerprint density at radius 2 is 1.69 bits per heavy atom. The molecule has 0 radical (unpaired) electrons. The largest absolute Gasteiger partial charge is 0.322 e. The van der Waals surface area contributed by atoms with Gasteiger partial charge in [0, 0.05) is 16.5 Å². The van der Waals surface area contributed by atoms with Crippen molar-refractivity contribution in [2.75, 3.05) is 0 Å². The summed E-state index contributed by atoms with van der Waals surface area (Å²) in [6, 6.07) is 10.8. The average Bonchev–Trinajstić information content (AvgIpc) is 2.59. The zero-order valence-corrected chi connectivity index (χ0v) is 18.9. The summed E-state index contributed by atoms with van der Waals surface area (Å²) in [6.45, 7) is 16.4. The van der Waals surface area contributed by atoms with Gasteiger partial charge in [-0.05, 0) is 48.0 Å². The third kappa shape index (κ3) is 2.85. The van der Waals surface area contributed by atoms with Gasteiger partial charge in [-0.1, -0.05) is 85.2 Å². The highest BCUT2D eigenvalue weighted by atomic mass is 31.2. The summed E-state index contributed by atoms with van der Waals surface area (Å²) in [5.74, 6) is 1.98. The Balaban J connectivity index is 2.01. The fourth-order valence-corrected chi connectivity index (χ4v) is 12.6. The second-order valence-electron chi connectivity index (χ2n) is 10.6. The highest BCUT2D eigenvalue weighted by Crippen LogP contribution is 2.85. The first kappa shape index (κ1) is 20.2. The maximum absolute atomic E-state index is 14.9. The van der Waals surface area contributed by atoms with Crippen molar-refractivity contribution in [2.45, 2.75) is 90.6 Å². The van der Waals surface area contributed by atoms with Gasteiger partial charge in [-0.25, -0.2) is 0 Å². The highest BCUT2D eigenvalue weighted by molar-refractivity contribution is 7.68. The van der Waals surface area contributed by atoms with Crippen molar-refractivity contribution in [2.24, 2.45) is 23.2 Å². The molecule has 1 nitrogen and oxygen atoms in total. The molecule has 1 saturated heterocycles. The van der Waals surface area contributed by atoms with E-state index in [1.54, 1.807) is 0 Å². The molecule has 0 amide bonds. The van der Waals surface area contributed by atoms with Gasteiger partial charge in [0.1, 0.15) is 7.14 Å². The van der Waals surface area contributed by atoms with E-state index in [2.05, 4.69) is 78.8 Å². The van der Waals surface area contributed by atoms with Crippen LogP contribution in [-0.4, -0.2) is 16.5 Å². The molecule has 2 heteroatoms. The zero-order chi connectivity index (χ0) is 19.3. The summed E-state index contributed by atoms with van der Waals surface area (Å²) in [6.07, 6.45) is 4.73. The molecule has 1 saturated carbocycles. The fourth-order valence-electron chi connectivity index (χ4n) is 6.13. The minimum atomic E-state index is -2.32. The van der Waals surface area contributed by atoms with E-state index in [0.717, 1.165) is 12.3 Å². The molecule has 2 fully saturated rings. The first-order valence-corrected chi connectivity index (χ1v) is 12.5. The lowest BCUT2D eigenvalue weighted by Crippen LogP contribution is -2.63. The summed E-state index contributed by atoms with van der Waals surface area (Å²) < 4.78 is 14.9. The molecular formula is C24H39OP. The average molecular weight is 375 g/mol. The lowest BCUT2D eigenvalue weighted by atomic mass is 9.73. The van der Waals surface area contributed by atoms with Gasteiger partial charge in [0.15, 0.2) is 0 Å². The van der Waals surface area contributed by atoms with Crippen molar-refractivity contribution >= 4 is 7.14 Å². The van der Waals surface area contributed by atoms with Gasteiger partial charge in [0.25, 0.3) is 0 Å². The van der Waals surface area contributed by atoms with E-state index in [4.69, 9.17) is 0 Å². The minimum Gasteiger partial charge on any atom is -0.322 e. The normalized spacial score (nSPS) is 38.8. The molecule has 0 aromatic heterocycles. The van der Waals surface area contributed by atoms with Crippen molar-refractivity contribution in [3.63, 3.8) is 0 Å². The predicted octanol–water partition coefficient (Wildman–Crippen LogP) is 7.24. The summed E-state index contributed by atoms with van der Waals surface area (Å²) in [4.78, 5) is 0. The van der Waals surface area contributed by atoms with Crippen molar-refractivity contribution in [3.05, 3.63) is 35.9 Å².